The largest absolute Gasteiger partial charge is 0.368 e. The molecule has 0 fully saturated rings. The lowest BCUT2D eigenvalue weighted by atomic mass is 10.0. The maximum Gasteiger partial charge on any atom is 0.244 e. The summed E-state index contributed by atoms with van der Waals surface area (Å²) in [5, 5.41) is -0.544. The van der Waals surface area contributed by atoms with Crippen molar-refractivity contribution in [2.75, 3.05) is 5.73 Å². The lowest BCUT2D eigenvalue weighted by Crippen LogP contribution is -2.23. The molecule has 2 rings (SSSR count). The summed E-state index contributed by atoms with van der Waals surface area (Å²) in [7, 11) is -3.49. The van der Waals surface area contributed by atoms with Crippen molar-refractivity contribution in [3.8, 4) is 0 Å². The third-order valence-electron chi connectivity index (χ3n) is 3.18. The number of hydrogen-bond acceptors (Lipinski definition) is 4. The van der Waals surface area contributed by atoms with Crippen molar-refractivity contribution in [3.63, 3.8) is 0 Å². The molecule has 0 aliphatic rings. The fraction of sp³-hybridized carbons (Fsp3) is 0.462. The minimum atomic E-state index is -3.49. The Balaban J connectivity index is 2.74. The van der Waals surface area contributed by atoms with Crippen LogP contribution in [0.25, 0.3) is 11.0 Å². The summed E-state index contributed by atoms with van der Waals surface area (Å²) in [4.78, 5) is 4.17. The quantitative estimate of drug-likeness (QED) is 0.936. The summed E-state index contributed by atoms with van der Waals surface area (Å²) in [6.07, 6.45) is 0. The first-order chi connectivity index (χ1) is 8.75. The van der Waals surface area contributed by atoms with Gasteiger partial charge in [-0.25, -0.2) is 17.4 Å². The van der Waals surface area contributed by atoms with Crippen LogP contribution in [-0.4, -0.2) is 22.6 Å². The van der Waals surface area contributed by atoms with Crippen molar-refractivity contribution in [3.05, 3.63) is 23.8 Å². The average Bonchev–Trinajstić information content (AvgIpc) is 2.63. The first-order valence-corrected chi connectivity index (χ1v) is 7.77. The topological polar surface area (TPSA) is 78.0 Å². The molecular weight excluding hydrogens is 262 g/mol. The van der Waals surface area contributed by atoms with Gasteiger partial charge in [-0.15, -0.1) is 0 Å². The molecular formula is C13H19N3O2S. The third kappa shape index (κ3) is 2.20. The van der Waals surface area contributed by atoms with E-state index < -0.39 is 15.3 Å². The molecule has 0 radical (unpaired) electrons. The monoisotopic (exact) mass is 281 g/mol. The molecule has 2 aromatic rings. The van der Waals surface area contributed by atoms with Gasteiger partial charge in [0.2, 0.25) is 16.0 Å². The van der Waals surface area contributed by atoms with Gasteiger partial charge in [-0.05, 0) is 37.5 Å². The zero-order chi connectivity index (χ0) is 14.4. The van der Waals surface area contributed by atoms with Crippen LogP contribution in [0.1, 0.15) is 39.2 Å². The van der Waals surface area contributed by atoms with E-state index in [9.17, 15) is 8.42 Å². The molecule has 0 aliphatic carbocycles. The van der Waals surface area contributed by atoms with Gasteiger partial charge in [-0.1, -0.05) is 19.9 Å². The Morgan fingerprint density at radius 2 is 1.84 bits per heavy atom. The highest BCUT2D eigenvalue weighted by Gasteiger charge is 2.24. The molecule has 2 N–H and O–H groups in total. The molecule has 0 bridgehead atoms. The van der Waals surface area contributed by atoms with Gasteiger partial charge >= 0.3 is 0 Å². The van der Waals surface area contributed by atoms with Crippen LogP contribution in [0.2, 0.25) is 0 Å². The zero-order valence-electron chi connectivity index (χ0n) is 11.6. The van der Waals surface area contributed by atoms with Crippen LogP contribution < -0.4 is 5.73 Å². The van der Waals surface area contributed by atoms with E-state index in [0.29, 0.717) is 17.0 Å². The van der Waals surface area contributed by atoms with Crippen molar-refractivity contribution in [2.24, 2.45) is 0 Å². The minimum absolute atomic E-state index is 0.0182. The Labute approximate surface area is 113 Å². The lowest BCUT2D eigenvalue weighted by Gasteiger charge is -2.11. The van der Waals surface area contributed by atoms with Crippen LogP contribution >= 0.6 is 0 Å². The molecule has 6 heteroatoms. The Morgan fingerprint density at radius 1 is 1.21 bits per heavy atom. The number of imidazole rings is 1. The lowest BCUT2D eigenvalue weighted by molar-refractivity contribution is 0.580. The highest BCUT2D eigenvalue weighted by Crippen LogP contribution is 2.25. The van der Waals surface area contributed by atoms with Crippen molar-refractivity contribution in [1.29, 1.82) is 0 Å². The van der Waals surface area contributed by atoms with Crippen LogP contribution in [0.3, 0.4) is 0 Å². The number of nitrogens with two attached hydrogens (primary N) is 1. The van der Waals surface area contributed by atoms with Crippen LogP contribution in [0.5, 0.6) is 0 Å². The number of benzene rings is 1. The maximum absolute atomic E-state index is 12.3. The molecule has 1 heterocycles. The van der Waals surface area contributed by atoms with E-state index in [4.69, 9.17) is 5.73 Å². The third-order valence-corrected chi connectivity index (χ3v) is 5.26. The zero-order valence-corrected chi connectivity index (χ0v) is 12.4. The molecule has 1 aromatic carbocycles. The van der Waals surface area contributed by atoms with Gasteiger partial charge in [-0.3, -0.25) is 0 Å². The van der Waals surface area contributed by atoms with Crippen LogP contribution in [0, 0.1) is 0 Å². The Hall–Kier alpha value is -1.56. The van der Waals surface area contributed by atoms with Gasteiger partial charge in [0.1, 0.15) is 0 Å². The standard InChI is InChI=1S/C13H19N3O2S/c1-8(2)10-5-6-12-11(7-10)15-13(14)16(12)19(17,18)9(3)4/h5-9H,1-4H3,(H2,14,15). The van der Waals surface area contributed by atoms with Gasteiger partial charge in [0.05, 0.1) is 16.3 Å². The smallest absolute Gasteiger partial charge is 0.244 e. The van der Waals surface area contributed by atoms with E-state index in [2.05, 4.69) is 18.8 Å². The van der Waals surface area contributed by atoms with Gasteiger partial charge < -0.3 is 5.73 Å². The van der Waals surface area contributed by atoms with Gasteiger partial charge in [-0.2, -0.15) is 0 Å². The van der Waals surface area contributed by atoms with Crippen LogP contribution in [-0.2, 0) is 10.0 Å². The molecule has 5 nitrogen and oxygen atoms in total. The number of aromatic nitrogens is 2. The summed E-state index contributed by atoms with van der Waals surface area (Å²) < 4.78 is 25.7. The summed E-state index contributed by atoms with van der Waals surface area (Å²) in [6, 6.07) is 5.58. The highest BCUT2D eigenvalue weighted by atomic mass is 32.2. The second-order valence-electron chi connectivity index (χ2n) is 5.23. The van der Waals surface area contributed by atoms with E-state index in [1.165, 1.54) is 0 Å². The molecule has 0 aliphatic heterocycles. The molecule has 104 valence electrons. The predicted octanol–water partition coefficient (Wildman–Crippen LogP) is 2.33. The number of nitrogen functional groups attached to an aromatic ring is 1. The Kier molecular flexibility index (Phi) is 3.30. The molecule has 0 unspecified atom stereocenters. The van der Waals surface area contributed by atoms with Crippen molar-refractivity contribution in [2.45, 2.75) is 38.9 Å². The first kappa shape index (κ1) is 13.9. The number of hydrogen-bond donors (Lipinski definition) is 1. The van der Waals surface area contributed by atoms with Crippen molar-refractivity contribution < 1.29 is 8.42 Å². The normalized spacial score (nSPS) is 12.7. The van der Waals surface area contributed by atoms with E-state index in [-0.39, 0.29) is 5.95 Å². The summed E-state index contributed by atoms with van der Waals surface area (Å²) >= 11 is 0. The SMILES string of the molecule is CC(C)c1ccc2c(c1)nc(N)n2S(=O)(=O)C(C)C. The second-order valence-corrected chi connectivity index (χ2v) is 7.57. The first-order valence-electron chi connectivity index (χ1n) is 6.27. The molecule has 19 heavy (non-hydrogen) atoms. The minimum Gasteiger partial charge on any atom is -0.368 e. The van der Waals surface area contributed by atoms with Crippen LogP contribution in [0.4, 0.5) is 5.95 Å². The van der Waals surface area contributed by atoms with Crippen molar-refractivity contribution in [1.82, 2.24) is 8.96 Å². The fourth-order valence-electron chi connectivity index (χ4n) is 1.93. The number of anilines is 1. The Bertz CT molecular complexity index is 715. The van der Waals surface area contributed by atoms with E-state index in [1.807, 2.05) is 12.1 Å². The van der Waals surface area contributed by atoms with Gasteiger partial charge in [0.15, 0.2) is 0 Å². The molecule has 0 spiro atoms. The Morgan fingerprint density at radius 3 is 2.37 bits per heavy atom. The molecule has 0 saturated carbocycles. The van der Waals surface area contributed by atoms with Gasteiger partial charge in [0, 0.05) is 0 Å². The second kappa shape index (κ2) is 4.52. The summed E-state index contributed by atoms with van der Waals surface area (Å²) in [6.45, 7) is 7.41. The van der Waals surface area contributed by atoms with Crippen LogP contribution in [0.15, 0.2) is 18.2 Å². The maximum atomic E-state index is 12.3. The van der Waals surface area contributed by atoms with E-state index in [1.54, 1.807) is 19.9 Å². The number of rotatable bonds is 3. The molecule has 0 amide bonds. The van der Waals surface area contributed by atoms with Gasteiger partial charge in [0.25, 0.3) is 0 Å². The highest BCUT2D eigenvalue weighted by molar-refractivity contribution is 7.90. The summed E-state index contributed by atoms with van der Waals surface area (Å²) in [5.74, 6) is 0.377. The number of nitrogens with zero attached hydrogens (tertiary/aromatic N) is 2. The number of fused-ring (bicyclic) bond motifs is 1. The van der Waals surface area contributed by atoms with E-state index >= 15 is 0 Å². The fourth-order valence-corrected chi connectivity index (χ4v) is 3.08. The molecule has 0 atom stereocenters. The van der Waals surface area contributed by atoms with E-state index in [0.717, 1.165) is 9.54 Å². The predicted molar refractivity (Wildman–Crippen MR) is 77.7 cm³/mol. The van der Waals surface area contributed by atoms with Crippen molar-refractivity contribution >= 4 is 27.0 Å². The average molecular weight is 281 g/mol. The molecule has 1 aromatic heterocycles. The summed E-state index contributed by atoms with van der Waals surface area (Å²) in [5.41, 5.74) is 8.04. The molecule has 0 saturated heterocycles.